The van der Waals surface area contributed by atoms with Crippen molar-refractivity contribution in [2.24, 2.45) is 0 Å². The second kappa shape index (κ2) is 21.4. The lowest BCUT2D eigenvalue weighted by atomic mass is 9.66. The van der Waals surface area contributed by atoms with E-state index in [4.69, 9.17) is 0 Å². The molecule has 2 atom stereocenters. The molecule has 0 fully saturated rings. The van der Waals surface area contributed by atoms with Gasteiger partial charge < -0.3 is 0 Å². The first-order valence-corrected chi connectivity index (χ1v) is 18.3. The molecule has 3 aromatic rings. The number of nitrogens with one attached hydrogen (secondary N) is 1. The van der Waals surface area contributed by atoms with Gasteiger partial charge in [0.25, 0.3) is 5.82 Å². The number of hydrogen-bond acceptors (Lipinski definition) is 0. The van der Waals surface area contributed by atoms with E-state index in [1.165, 1.54) is 139 Å². The van der Waals surface area contributed by atoms with Gasteiger partial charge in [-0.1, -0.05) is 184 Å². The van der Waals surface area contributed by atoms with E-state index in [0.29, 0.717) is 5.92 Å². The van der Waals surface area contributed by atoms with Crippen LogP contribution in [0.25, 0.3) is 0 Å². The van der Waals surface area contributed by atoms with Crippen molar-refractivity contribution in [3.05, 3.63) is 90.0 Å². The average molecular weight is 586 g/mol. The summed E-state index contributed by atoms with van der Waals surface area (Å²) in [4.78, 5) is 3.77. The van der Waals surface area contributed by atoms with E-state index >= 15 is 0 Å². The van der Waals surface area contributed by atoms with E-state index in [-0.39, 0.29) is 5.41 Å². The van der Waals surface area contributed by atoms with Crippen LogP contribution in [0.15, 0.2) is 73.1 Å². The average Bonchev–Trinajstić information content (AvgIpc) is 3.50. The molecule has 0 bridgehead atoms. The zero-order valence-electron chi connectivity index (χ0n) is 28.3. The Balaban J connectivity index is 1.56. The predicted octanol–water partition coefficient (Wildman–Crippen LogP) is 12.0. The molecule has 3 rings (SSSR count). The highest BCUT2D eigenvalue weighted by molar-refractivity contribution is 5.32. The molecular formula is C41H65N2+. The van der Waals surface area contributed by atoms with E-state index in [1.54, 1.807) is 0 Å². The Morgan fingerprint density at radius 2 is 1.09 bits per heavy atom. The lowest BCUT2D eigenvalue weighted by molar-refractivity contribution is -0.705. The van der Waals surface area contributed by atoms with Crippen LogP contribution in [0.5, 0.6) is 0 Å². The highest BCUT2D eigenvalue weighted by atomic mass is 15.1. The minimum Gasteiger partial charge on any atom is -0.247 e. The molecule has 0 aliphatic rings. The van der Waals surface area contributed by atoms with Crippen LogP contribution in [-0.4, -0.2) is 4.98 Å². The zero-order valence-corrected chi connectivity index (χ0v) is 28.3. The van der Waals surface area contributed by atoms with Gasteiger partial charge in [-0.3, -0.25) is 0 Å². The summed E-state index contributed by atoms with van der Waals surface area (Å²) in [5, 5.41) is 0. The Morgan fingerprint density at radius 3 is 1.65 bits per heavy atom. The standard InChI is InChI=1S/C41H64N2/c1-4-6-8-10-11-12-13-14-15-16-17-18-19-27-34-43-35-33-42-40(43)39(32-26-9-7-5-2)41(3,38-30-24-21-25-31-38)36-37-28-22-20-23-29-37/h20-25,28-31,33,35,39H,4-19,26-27,32,34,36H2,1-3H3/p+1. The van der Waals surface area contributed by atoms with Crippen LogP contribution in [-0.2, 0) is 18.4 Å². The molecule has 0 aliphatic carbocycles. The summed E-state index contributed by atoms with van der Waals surface area (Å²) in [6, 6.07) is 22.5. The van der Waals surface area contributed by atoms with E-state index in [9.17, 15) is 0 Å². The maximum atomic E-state index is 3.77. The van der Waals surface area contributed by atoms with Gasteiger partial charge in [-0.05, 0) is 36.8 Å². The summed E-state index contributed by atoms with van der Waals surface area (Å²) in [6.45, 7) is 8.27. The van der Waals surface area contributed by atoms with E-state index < -0.39 is 0 Å². The van der Waals surface area contributed by atoms with Gasteiger partial charge in [0.05, 0.1) is 12.5 Å². The highest BCUT2D eigenvalue weighted by Crippen LogP contribution is 2.43. The Kier molecular flexibility index (Phi) is 17.5. The first-order valence-electron chi connectivity index (χ1n) is 18.3. The number of H-pyrrole nitrogens is 1. The largest absolute Gasteiger partial charge is 0.258 e. The van der Waals surface area contributed by atoms with Crippen LogP contribution < -0.4 is 4.57 Å². The molecular weight excluding hydrogens is 520 g/mol. The van der Waals surface area contributed by atoms with Crippen LogP contribution in [0, 0.1) is 0 Å². The van der Waals surface area contributed by atoms with Gasteiger partial charge >= 0.3 is 0 Å². The quantitative estimate of drug-likeness (QED) is 0.0753. The number of unbranched alkanes of at least 4 members (excludes halogenated alkanes) is 16. The first kappa shape index (κ1) is 35.1. The third-order valence-corrected chi connectivity index (χ3v) is 9.84. The van der Waals surface area contributed by atoms with Gasteiger partial charge in [-0.2, -0.15) is 0 Å². The maximum Gasteiger partial charge on any atom is 0.258 e. The van der Waals surface area contributed by atoms with Crippen LogP contribution in [0.2, 0.25) is 0 Å². The summed E-state index contributed by atoms with van der Waals surface area (Å²) in [5.74, 6) is 1.86. The Morgan fingerprint density at radius 1 is 0.605 bits per heavy atom. The number of hydrogen-bond donors (Lipinski definition) is 1. The minimum absolute atomic E-state index is 0.0109. The molecule has 0 radical (unpaired) electrons. The van der Waals surface area contributed by atoms with E-state index in [2.05, 4.69) is 103 Å². The molecule has 1 heterocycles. The van der Waals surface area contributed by atoms with Gasteiger partial charge in [0, 0.05) is 5.41 Å². The number of aryl methyl sites for hydroxylation is 1. The predicted molar refractivity (Wildman–Crippen MR) is 187 cm³/mol. The van der Waals surface area contributed by atoms with Gasteiger partial charge in [0.1, 0.15) is 12.4 Å². The van der Waals surface area contributed by atoms with Gasteiger partial charge in [0.2, 0.25) is 0 Å². The van der Waals surface area contributed by atoms with Crippen molar-refractivity contribution in [3.63, 3.8) is 0 Å². The second-order valence-corrected chi connectivity index (χ2v) is 13.5. The molecule has 0 saturated carbocycles. The fourth-order valence-electron chi connectivity index (χ4n) is 7.15. The van der Waals surface area contributed by atoms with Crippen molar-refractivity contribution >= 4 is 0 Å². The lowest BCUT2D eigenvalue weighted by Crippen LogP contribution is -2.43. The summed E-state index contributed by atoms with van der Waals surface area (Å²) in [5.41, 5.74) is 2.89. The molecule has 0 aliphatic heterocycles. The minimum atomic E-state index is 0.0109. The number of aromatic nitrogens is 2. The van der Waals surface area contributed by atoms with Crippen LogP contribution in [0.1, 0.15) is 166 Å². The maximum absolute atomic E-state index is 3.77. The molecule has 2 unspecified atom stereocenters. The third kappa shape index (κ3) is 12.7. The second-order valence-electron chi connectivity index (χ2n) is 13.5. The topological polar surface area (TPSA) is 19.7 Å². The fourth-order valence-corrected chi connectivity index (χ4v) is 7.15. The first-order chi connectivity index (χ1) is 21.2. The van der Waals surface area contributed by atoms with Gasteiger partial charge in [0.15, 0.2) is 0 Å². The normalized spacial score (nSPS) is 13.7. The summed E-state index contributed by atoms with van der Waals surface area (Å²) in [6.07, 6.45) is 31.7. The molecule has 1 aromatic heterocycles. The molecule has 1 N–H and O–H groups in total. The number of rotatable bonds is 25. The van der Waals surface area contributed by atoms with Crippen LogP contribution in [0.3, 0.4) is 0 Å². The Labute approximate surface area is 266 Å². The van der Waals surface area contributed by atoms with E-state index in [1.807, 2.05) is 0 Å². The van der Waals surface area contributed by atoms with E-state index in [0.717, 1.165) is 13.0 Å². The summed E-state index contributed by atoms with van der Waals surface area (Å²) < 4.78 is 2.57. The summed E-state index contributed by atoms with van der Waals surface area (Å²) >= 11 is 0. The van der Waals surface area contributed by atoms with Crippen molar-refractivity contribution < 1.29 is 4.57 Å². The Hall–Kier alpha value is -2.35. The van der Waals surface area contributed by atoms with Crippen molar-refractivity contribution in [3.8, 4) is 0 Å². The molecule has 2 heteroatoms. The van der Waals surface area contributed by atoms with Gasteiger partial charge in [-0.15, -0.1) is 0 Å². The highest BCUT2D eigenvalue weighted by Gasteiger charge is 2.41. The van der Waals surface area contributed by atoms with Crippen LogP contribution >= 0.6 is 0 Å². The SMILES string of the molecule is CCCCCCCCCCCCCCCC[n+]1cc[nH]c1C(CCCCCC)C(C)(Cc1ccccc1)c1ccccc1. The number of aromatic amines is 1. The summed E-state index contributed by atoms with van der Waals surface area (Å²) in [7, 11) is 0. The molecule has 0 saturated heterocycles. The van der Waals surface area contributed by atoms with Crippen molar-refractivity contribution in [1.82, 2.24) is 4.98 Å². The molecule has 0 spiro atoms. The van der Waals surface area contributed by atoms with Crippen LogP contribution in [0.4, 0.5) is 0 Å². The molecule has 238 valence electrons. The number of benzene rings is 2. The number of nitrogens with zero attached hydrogens (tertiary/aromatic N) is 1. The third-order valence-electron chi connectivity index (χ3n) is 9.84. The van der Waals surface area contributed by atoms with Crippen molar-refractivity contribution in [1.29, 1.82) is 0 Å². The number of imidazole rings is 1. The zero-order chi connectivity index (χ0) is 30.4. The monoisotopic (exact) mass is 586 g/mol. The molecule has 2 nitrogen and oxygen atoms in total. The lowest BCUT2D eigenvalue weighted by Gasteiger charge is -2.37. The Bertz CT molecular complexity index is 1060. The van der Waals surface area contributed by atoms with Crippen molar-refractivity contribution in [2.75, 3.05) is 0 Å². The fraction of sp³-hybridized carbons (Fsp3) is 0.634. The molecule has 43 heavy (non-hydrogen) atoms. The molecule has 2 aromatic carbocycles. The smallest absolute Gasteiger partial charge is 0.247 e. The van der Waals surface area contributed by atoms with Gasteiger partial charge in [-0.25, -0.2) is 9.55 Å². The molecule has 0 amide bonds. The van der Waals surface area contributed by atoms with Crippen molar-refractivity contribution in [2.45, 2.75) is 167 Å².